The van der Waals surface area contributed by atoms with Crippen molar-refractivity contribution in [1.29, 1.82) is 0 Å². The van der Waals surface area contributed by atoms with Gasteiger partial charge in [0.15, 0.2) is 5.96 Å². The topological polar surface area (TPSA) is 79.5 Å². The summed E-state index contributed by atoms with van der Waals surface area (Å²) in [5.74, 6) is 0.970. The van der Waals surface area contributed by atoms with Gasteiger partial charge in [0.25, 0.3) is 0 Å². The number of nitrogens with one attached hydrogen (secondary N) is 2. The molecule has 7 heteroatoms. The predicted molar refractivity (Wildman–Crippen MR) is 105 cm³/mol. The maximum atomic E-state index is 12.9. The maximum absolute atomic E-state index is 12.9. The summed E-state index contributed by atoms with van der Waals surface area (Å²) in [7, 11) is 1.71. The fourth-order valence-corrected chi connectivity index (χ4v) is 3.09. The summed E-state index contributed by atoms with van der Waals surface area (Å²) < 4.78 is 12.9. The van der Waals surface area contributed by atoms with Crippen LogP contribution < -0.4 is 16.4 Å². The van der Waals surface area contributed by atoms with Crippen LogP contribution in [0, 0.1) is 5.82 Å². The molecule has 2 aromatic carbocycles. The molecule has 0 aliphatic heterocycles. The van der Waals surface area contributed by atoms with Crippen LogP contribution in [0.2, 0.25) is 0 Å². The smallest absolute Gasteiger partial charge is 0.248 e. The van der Waals surface area contributed by atoms with E-state index in [1.54, 1.807) is 49.1 Å². The molecule has 0 bridgehead atoms. The monoisotopic (exact) mass is 374 g/mol. The van der Waals surface area contributed by atoms with Crippen molar-refractivity contribution in [1.82, 2.24) is 10.6 Å². The highest BCUT2D eigenvalue weighted by Gasteiger charge is 2.03. The second kappa shape index (κ2) is 10.5. The minimum absolute atomic E-state index is 0.216. The lowest BCUT2D eigenvalue weighted by Crippen LogP contribution is -2.37. The maximum Gasteiger partial charge on any atom is 0.248 e. The van der Waals surface area contributed by atoms with Crippen molar-refractivity contribution >= 4 is 23.6 Å². The van der Waals surface area contributed by atoms with Gasteiger partial charge in [-0.25, -0.2) is 4.39 Å². The normalized spacial score (nSPS) is 11.2. The molecule has 0 aliphatic carbocycles. The first-order valence-corrected chi connectivity index (χ1v) is 9.28. The molecule has 0 aliphatic rings. The lowest BCUT2D eigenvalue weighted by molar-refractivity contribution is 0.1000. The van der Waals surface area contributed by atoms with Crippen LogP contribution in [-0.4, -0.2) is 31.2 Å². The van der Waals surface area contributed by atoms with Crippen molar-refractivity contribution in [2.75, 3.05) is 19.3 Å². The molecule has 138 valence electrons. The molecule has 0 unspecified atom stereocenters. The minimum Gasteiger partial charge on any atom is -0.366 e. The molecule has 1 amide bonds. The second-order valence-corrected chi connectivity index (χ2v) is 6.74. The van der Waals surface area contributed by atoms with Crippen molar-refractivity contribution in [2.45, 2.75) is 17.9 Å². The average molecular weight is 374 g/mol. The number of aliphatic imine (C=N–C) groups is 1. The summed E-state index contributed by atoms with van der Waals surface area (Å²) in [5.41, 5.74) is 6.74. The molecule has 0 atom stereocenters. The van der Waals surface area contributed by atoms with E-state index in [-0.39, 0.29) is 5.82 Å². The van der Waals surface area contributed by atoms with E-state index in [4.69, 9.17) is 5.73 Å². The van der Waals surface area contributed by atoms with Crippen molar-refractivity contribution in [3.8, 4) is 0 Å². The average Bonchev–Trinajstić information content (AvgIpc) is 2.65. The summed E-state index contributed by atoms with van der Waals surface area (Å²) in [6, 6.07) is 13.7. The molecule has 0 radical (unpaired) electrons. The van der Waals surface area contributed by atoms with E-state index < -0.39 is 5.91 Å². The second-order valence-electron chi connectivity index (χ2n) is 5.57. The minimum atomic E-state index is -0.437. The highest BCUT2D eigenvalue weighted by molar-refractivity contribution is 7.99. The number of halogens is 1. The van der Waals surface area contributed by atoms with Crippen LogP contribution in [0.25, 0.3) is 0 Å². The van der Waals surface area contributed by atoms with Gasteiger partial charge in [0.05, 0.1) is 0 Å². The first-order valence-electron chi connectivity index (χ1n) is 8.30. The Hall–Kier alpha value is -2.54. The molecule has 26 heavy (non-hydrogen) atoms. The summed E-state index contributed by atoms with van der Waals surface area (Å²) >= 11 is 1.69. The zero-order valence-corrected chi connectivity index (χ0v) is 15.5. The van der Waals surface area contributed by atoms with Gasteiger partial charge in [0.1, 0.15) is 5.82 Å². The number of guanidine groups is 1. The number of nitrogens with two attached hydrogens (primary N) is 1. The van der Waals surface area contributed by atoms with Gasteiger partial charge in [-0.15, -0.1) is 11.8 Å². The molecular weight excluding hydrogens is 351 g/mol. The number of primary amides is 1. The summed E-state index contributed by atoms with van der Waals surface area (Å²) in [6.07, 6.45) is 0.944. The van der Waals surface area contributed by atoms with E-state index in [1.807, 2.05) is 6.07 Å². The van der Waals surface area contributed by atoms with E-state index in [1.165, 1.54) is 12.1 Å². The van der Waals surface area contributed by atoms with Gasteiger partial charge < -0.3 is 16.4 Å². The first-order chi connectivity index (χ1) is 12.6. The fraction of sp³-hybridized carbons (Fsp3) is 0.263. The lowest BCUT2D eigenvalue weighted by Gasteiger charge is -2.12. The molecule has 0 aromatic heterocycles. The number of amides is 1. The van der Waals surface area contributed by atoms with Crippen LogP contribution in [0.4, 0.5) is 4.39 Å². The quantitative estimate of drug-likeness (QED) is 0.287. The molecule has 0 saturated carbocycles. The number of carbonyl (C=O) groups excluding carboxylic acids is 1. The Morgan fingerprint density at radius 2 is 1.96 bits per heavy atom. The largest absolute Gasteiger partial charge is 0.366 e. The highest BCUT2D eigenvalue weighted by Crippen LogP contribution is 2.18. The zero-order chi connectivity index (χ0) is 18.8. The fourth-order valence-electron chi connectivity index (χ4n) is 2.24. The molecule has 5 nitrogen and oxygen atoms in total. The van der Waals surface area contributed by atoms with Crippen LogP contribution >= 0.6 is 11.8 Å². The van der Waals surface area contributed by atoms with Gasteiger partial charge in [-0.1, -0.05) is 12.1 Å². The third-order valence-corrected chi connectivity index (χ3v) is 4.69. The van der Waals surface area contributed by atoms with E-state index in [0.29, 0.717) is 18.1 Å². The molecule has 0 spiro atoms. The van der Waals surface area contributed by atoms with Crippen molar-refractivity contribution in [3.63, 3.8) is 0 Å². The van der Waals surface area contributed by atoms with Gasteiger partial charge >= 0.3 is 0 Å². The van der Waals surface area contributed by atoms with Gasteiger partial charge in [-0.3, -0.25) is 9.79 Å². The third kappa shape index (κ3) is 6.76. The van der Waals surface area contributed by atoms with E-state index >= 15 is 0 Å². The van der Waals surface area contributed by atoms with Crippen LogP contribution in [0.5, 0.6) is 0 Å². The van der Waals surface area contributed by atoms with Crippen molar-refractivity contribution in [3.05, 3.63) is 65.5 Å². The number of hydrogen-bond donors (Lipinski definition) is 3. The number of hydrogen-bond acceptors (Lipinski definition) is 3. The van der Waals surface area contributed by atoms with Crippen LogP contribution in [0.15, 0.2) is 58.4 Å². The van der Waals surface area contributed by atoms with Crippen molar-refractivity contribution < 1.29 is 9.18 Å². The number of rotatable bonds is 8. The Labute approximate surface area is 157 Å². The number of benzene rings is 2. The van der Waals surface area contributed by atoms with E-state index in [0.717, 1.165) is 29.2 Å². The summed E-state index contributed by atoms with van der Waals surface area (Å²) in [5, 5.41) is 6.45. The van der Waals surface area contributed by atoms with Gasteiger partial charge in [0, 0.05) is 30.6 Å². The zero-order valence-electron chi connectivity index (χ0n) is 14.7. The Morgan fingerprint density at radius 3 is 2.65 bits per heavy atom. The molecule has 0 heterocycles. The van der Waals surface area contributed by atoms with Crippen LogP contribution in [0.1, 0.15) is 22.3 Å². The first kappa shape index (κ1) is 19.8. The van der Waals surface area contributed by atoms with Crippen LogP contribution in [0.3, 0.4) is 0 Å². The molecule has 0 fully saturated rings. The number of nitrogens with zero attached hydrogens (tertiary/aromatic N) is 1. The molecule has 2 aromatic rings. The third-order valence-electron chi connectivity index (χ3n) is 3.59. The molecule has 4 N–H and O–H groups in total. The summed E-state index contributed by atoms with van der Waals surface area (Å²) in [6.45, 7) is 1.32. The van der Waals surface area contributed by atoms with Crippen molar-refractivity contribution in [2.24, 2.45) is 10.7 Å². The Balaban J connectivity index is 1.68. The van der Waals surface area contributed by atoms with Gasteiger partial charge in [-0.2, -0.15) is 0 Å². The Morgan fingerprint density at radius 1 is 1.19 bits per heavy atom. The number of thioether (sulfide) groups is 1. The Kier molecular flexibility index (Phi) is 7.95. The SMILES string of the molecule is CN=C(NCCCSc1ccc(F)cc1)NCc1cccc(C(N)=O)c1. The predicted octanol–water partition coefficient (Wildman–Crippen LogP) is 2.77. The van der Waals surface area contributed by atoms with Crippen LogP contribution in [-0.2, 0) is 6.54 Å². The summed E-state index contributed by atoms with van der Waals surface area (Å²) in [4.78, 5) is 16.5. The molecular formula is C19H23FN4OS. The van der Waals surface area contributed by atoms with E-state index in [9.17, 15) is 9.18 Å². The van der Waals surface area contributed by atoms with E-state index in [2.05, 4.69) is 15.6 Å². The molecule has 2 rings (SSSR count). The lowest BCUT2D eigenvalue weighted by atomic mass is 10.1. The Bertz CT molecular complexity index is 749. The number of carbonyl (C=O) groups is 1. The van der Waals surface area contributed by atoms with Gasteiger partial charge in [0.2, 0.25) is 5.91 Å². The van der Waals surface area contributed by atoms with Gasteiger partial charge in [-0.05, 0) is 54.1 Å². The molecule has 0 saturated heterocycles. The highest BCUT2D eigenvalue weighted by atomic mass is 32.2. The standard InChI is InChI=1S/C19H23FN4OS/c1-22-19(24-13-14-4-2-5-15(12-14)18(21)25)23-10-3-11-26-17-8-6-16(20)7-9-17/h2,4-9,12H,3,10-11,13H2,1H3,(H2,21,25)(H2,22,23,24).